The molecule has 1 heteroatoms. The molecule has 14 heavy (non-hydrogen) atoms. The molecule has 1 aliphatic rings. The van der Waals surface area contributed by atoms with Gasteiger partial charge in [-0.1, -0.05) is 48.6 Å². The Balaban J connectivity index is 2.05. The summed E-state index contributed by atoms with van der Waals surface area (Å²) in [6.45, 7) is 0. The van der Waals surface area contributed by atoms with Crippen LogP contribution < -0.4 is 0 Å². The molecule has 0 spiro atoms. The quantitative estimate of drug-likeness (QED) is 0.705. The first kappa shape index (κ1) is 8.95. The highest BCUT2D eigenvalue weighted by Crippen LogP contribution is 2.12. The monoisotopic (exact) mass is 184 g/mol. The van der Waals surface area contributed by atoms with Gasteiger partial charge < -0.3 is 0 Å². The van der Waals surface area contributed by atoms with E-state index in [4.69, 9.17) is 0 Å². The van der Waals surface area contributed by atoms with Crippen LogP contribution in [0, 0.1) is 0 Å². The third-order valence-electron chi connectivity index (χ3n) is 2.30. The van der Waals surface area contributed by atoms with Gasteiger partial charge in [0, 0.05) is 12.0 Å². The average molecular weight is 184 g/mol. The SMILES string of the molecule is O=C(Cc1ccccc1)C1=CCC=C1. The molecule has 1 aromatic rings. The zero-order valence-electron chi connectivity index (χ0n) is 7.94. The molecule has 1 aromatic carbocycles. The summed E-state index contributed by atoms with van der Waals surface area (Å²) >= 11 is 0. The van der Waals surface area contributed by atoms with Crippen LogP contribution in [0.15, 0.2) is 54.1 Å². The van der Waals surface area contributed by atoms with Crippen molar-refractivity contribution >= 4 is 5.78 Å². The van der Waals surface area contributed by atoms with Gasteiger partial charge in [-0.05, 0) is 12.0 Å². The van der Waals surface area contributed by atoms with E-state index >= 15 is 0 Å². The molecule has 0 saturated carbocycles. The fourth-order valence-corrected chi connectivity index (χ4v) is 1.55. The van der Waals surface area contributed by atoms with E-state index in [-0.39, 0.29) is 5.78 Å². The number of hydrogen-bond donors (Lipinski definition) is 0. The molecule has 0 heterocycles. The maximum absolute atomic E-state index is 11.7. The normalized spacial score (nSPS) is 14.1. The number of hydrogen-bond acceptors (Lipinski definition) is 1. The molecule has 2 rings (SSSR count). The summed E-state index contributed by atoms with van der Waals surface area (Å²) in [6, 6.07) is 9.85. The molecule has 0 unspecified atom stereocenters. The van der Waals surface area contributed by atoms with E-state index in [1.165, 1.54) is 0 Å². The number of benzene rings is 1. The molecule has 0 saturated heterocycles. The molecule has 0 radical (unpaired) electrons. The molecule has 0 aromatic heterocycles. The van der Waals surface area contributed by atoms with Gasteiger partial charge in [0.1, 0.15) is 0 Å². The molecule has 0 N–H and O–H groups in total. The summed E-state index contributed by atoms with van der Waals surface area (Å²) in [5, 5.41) is 0. The van der Waals surface area contributed by atoms with Crippen LogP contribution in [-0.4, -0.2) is 5.78 Å². The maximum atomic E-state index is 11.7. The smallest absolute Gasteiger partial charge is 0.166 e. The fourth-order valence-electron chi connectivity index (χ4n) is 1.55. The lowest BCUT2D eigenvalue weighted by Gasteiger charge is -1.99. The van der Waals surface area contributed by atoms with Crippen molar-refractivity contribution < 1.29 is 4.79 Å². The predicted octanol–water partition coefficient (Wildman–Crippen LogP) is 2.68. The summed E-state index contributed by atoms with van der Waals surface area (Å²) in [7, 11) is 0. The lowest BCUT2D eigenvalue weighted by Crippen LogP contribution is -2.03. The third-order valence-corrected chi connectivity index (χ3v) is 2.30. The van der Waals surface area contributed by atoms with Crippen molar-refractivity contribution in [3.63, 3.8) is 0 Å². The van der Waals surface area contributed by atoms with Crippen LogP contribution in [0.5, 0.6) is 0 Å². The maximum Gasteiger partial charge on any atom is 0.166 e. The molecule has 1 nitrogen and oxygen atoms in total. The second-order valence-electron chi connectivity index (χ2n) is 3.38. The topological polar surface area (TPSA) is 17.1 Å². The minimum absolute atomic E-state index is 0.213. The van der Waals surface area contributed by atoms with E-state index in [0.29, 0.717) is 6.42 Å². The molecule has 0 amide bonds. The molecule has 1 aliphatic carbocycles. The van der Waals surface area contributed by atoms with Crippen molar-refractivity contribution in [1.29, 1.82) is 0 Å². The van der Waals surface area contributed by atoms with Gasteiger partial charge >= 0.3 is 0 Å². The van der Waals surface area contributed by atoms with E-state index in [1.54, 1.807) is 0 Å². The van der Waals surface area contributed by atoms with E-state index in [9.17, 15) is 4.79 Å². The lowest BCUT2D eigenvalue weighted by atomic mass is 10.0. The van der Waals surface area contributed by atoms with Crippen molar-refractivity contribution in [2.24, 2.45) is 0 Å². The Kier molecular flexibility index (Phi) is 2.59. The molecular formula is C13H12O. The van der Waals surface area contributed by atoms with Crippen molar-refractivity contribution in [2.45, 2.75) is 12.8 Å². The number of Topliss-reactive ketones (excluding diaryl/α,β-unsaturated/α-hetero) is 1. The first-order valence-corrected chi connectivity index (χ1v) is 4.80. The number of rotatable bonds is 3. The number of allylic oxidation sites excluding steroid dienone is 4. The minimum Gasteiger partial charge on any atom is -0.294 e. The van der Waals surface area contributed by atoms with E-state index in [1.807, 2.05) is 48.6 Å². The van der Waals surface area contributed by atoms with E-state index in [2.05, 4.69) is 0 Å². The molecule has 0 bridgehead atoms. The highest BCUT2D eigenvalue weighted by Gasteiger charge is 2.09. The van der Waals surface area contributed by atoms with Gasteiger partial charge in [-0.2, -0.15) is 0 Å². The molecule has 0 atom stereocenters. The van der Waals surface area contributed by atoms with Crippen molar-refractivity contribution in [1.82, 2.24) is 0 Å². The van der Waals surface area contributed by atoms with Crippen molar-refractivity contribution in [3.05, 3.63) is 59.7 Å². The highest BCUT2D eigenvalue weighted by molar-refractivity contribution is 5.99. The van der Waals surface area contributed by atoms with Crippen LogP contribution in [0.4, 0.5) is 0 Å². The Morgan fingerprint density at radius 2 is 2.00 bits per heavy atom. The number of carbonyl (C=O) groups excluding carboxylic acids is 1. The molecule has 70 valence electrons. The van der Waals surface area contributed by atoms with Crippen LogP contribution in [0.1, 0.15) is 12.0 Å². The van der Waals surface area contributed by atoms with Crippen LogP contribution >= 0.6 is 0 Å². The van der Waals surface area contributed by atoms with E-state index in [0.717, 1.165) is 17.6 Å². The predicted molar refractivity (Wildman–Crippen MR) is 57.0 cm³/mol. The fraction of sp³-hybridized carbons (Fsp3) is 0.154. The molecule has 0 fully saturated rings. The van der Waals surface area contributed by atoms with Crippen molar-refractivity contribution in [3.8, 4) is 0 Å². The van der Waals surface area contributed by atoms with Gasteiger partial charge in [0.05, 0.1) is 0 Å². The average Bonchev–Trinajstić information content (AvgIpc) is 2.72. The Bertz CT molecular complexity index is 385. The third kappa shape index (κ3) is 1.99. The second-order valence-corrected chi connectivity index (χ2v) is 3.38. The Morgan fingerprint density at radius 3 is 2.64 bits per heavy atom. The first-order valence-electron chi connectivity index (χ1n) is 4.80. The van der Waals surface area contributed by atoms with Crippen LogP contribution in [0.3, 0.4) is 0 Å². The van der Waals surface area contributed by atoms with E-state index < -0.39 is 0 Å². The zero-order valence-corrected chi connectivity index (χ0v) is 7.94. The zero-order chi connectivity index (χ0) is 9.80. The first-order chi connectivity index (χ1) is 6.86. The Labute approximate surface area is 83.8 Å². The minimum atomic E-state index is 0.213. The van der Waals surface area contributed by atoms with Gasteiger partial charge in [-0.15, -0.1) is 0 Å². The second kappa shape index (κ2) is 4.05. The Hall–Kier alpha value is -1.63. The molecular weight excluding hydrogens is 172 g/mol. The van der Waals surface area contributed by atoms with Crippen LogP contribution in [0.25, 0.3) is 0 Å². The molecule has 0 aliphatic heterocycles. The van der Waals surface area contributed by atoms with Gasteiger partial charge in [-0.3, -0.25) is 4.79 Å². The summed E-state index contributed by atoms with van der Waals surface area (Å²) in [4.78, 5) is 11.7. The summed E-state index contributed by atoms with van der Waals surface area (Å²) < 4.78 is 0. The van der Waals surface area contributed by atoms with Gasteiger partial charge in [0.2, 0.25) is 0 Å². The number of carbonyl (C=O) groups is 1. The number of ketones is 1. The standard InChI is InChI=1S/C13H12O/c14-13(12-8-4-5-9-12)10-11-6-2-1-3-7-11/h1-4,6-9H,5,10H2. The summed E-state index contributed by atoms with van der Waals surface area (Å²) in [6.07, 6.45) is 7.31. The largest absolute Gasteiger partial charge is 0.294 e. The lowest BCUT2D eigenvalue weighted by molar-refractivity contribution is -0.114. The van der Waals surface area contributed by atoms with Crippen LogP contribution in [0.2, 0.25) is 0 Å². The summed E-state index contributed by atoms with van der Waals surface area (Å²) in [5.41, 5.74) is 1.94. The van der Waals surface area contributed by atoms with Crippen LogP contribution in [-0.2, 0) is 11.2 Å². The van der Waals surface area contributed by atoms with Crippen molar-refractivity contribution in [2.75, 3.05) is 0 Å². The van der Waals surface area contributed by atoms with Gasteiger partial charge in [0.25, 0.3) is 0 Å². The Morgan fingerprint density at radius 1 is 1.21 bits per heavy atom. The highest BCUT2D eigenvalue weighted by atomic mass is 16.1. The summed E-state index contributed by atoms with van der Waals surface area (Å²) in [5.74, 6) is 0.213. The van der Waals surface area contributed by atoms with Gasteiger partial charge in [-0.25, -0.2) is 0 Å². The van der Waals surface area contributed by atoms with Gasteiger partial charge in [0.15, 0.2) is 5.78 Å².